The number of hydrogen-bond donors (Lipinski definition) is 0. The molecule has 0 amide bonds. The van der Waals surface area contributed by atoms with E-state index in [0.29, 0.717) is 0 Å². The molecule has 3 nitrogen and oxygen atoms in total. The zero-order valence-corrected chi connectivity index (χ0v) is 11.0. The van der Waals surface area contributed by atoms with Crippen molar-refractivity contribution < 1.29 is 27.0 Å². The fourth-order valence-corrected chi connectivity index (χ4v) is 1.50. The molecule has 0 aromatic carbocycles. The van der Waals surface area contributed by atoms with Gasteiger partial charge in [-0.25, -0.2) is 0 Å². The fourth-order valence-electron chi connectivity index (χ4n) is 1.35. The molecule has 1 aliphatic carbocycles. The van der Waals surface area contributed by atoms with Gasteiger partial charge < -0.3 is 0 Å². The van der Waals surface area contributed by atoms with Crippen molar-refractivity contribution in [2.45, 2.75) is 34.1 Å². The van der Waals surface area contributed by atoms with Crippen molar-refractivity contribution >= 4 is 14.4 Å². The first-order valence-electron chi connectivity index (χ1n) is 4.64. The Morgan fingerprint density at radius 1 is 0.812 bits per heavy atom. The van der Waals surface area contributed by atoms with Crippen LogP contribution >= 0.6 is 0 Å². The summed E-state index contributed by atoms with van der Waals surface area (Å²) in [6.07, 6.45) is 1.21. The van der Waals surface area contributed by atoms with Gasteiger partial charge in [0.25, 0.3) is 0 Å². The summed E-state index contributed by atoms with van der Waals surface area (Å²) in [7, 11) is 0. The summed E-state index contributed by atoms with van der Waals surface area (Å²) in [6.45, 7) is 8.85. The molecule has 0 fully saturated rings. The van der Waals surface area contributed by atoms with Gasteiger partial charge in [0.1, 0.15) is 0 Å². The monoisotopic (exact) mass is 261 g/mol. The first-order valence-corrected chi connectivity index (χ1v) is 6.41. The van der Waals surface area contributed by atoms with E-state index in [-0.39, 0.29) is 0 Å². The van der Waals surface area contributed by atoms with E-state index < -0.39 is 12.6 Å². The normalized spacial score (nSPS) is 13.5. The van der Waals surface area contributed by atoms with Crippen LogP contribution in [0.1, 0.15) is 34.1 Å². The van der Waals surface area contributed by atoms with Crippen LogP contribution < -0.4 is 0 Å². The average Bonchev–Trinajstić information content (AvgIpc) is 2.49. The first-order chi connectivity index (χ1) is 7.47. The van der Waals surface area contributed by atoms with E-state index in [1.165, 1.54) is 31.9 Å². The third-order valence-corrected chi connectivity index (χ3v) is 3.33. The van der Waals surface area contributed by atoms with E-state index in [1.807, 2.05) is 0 Å². The van der Waals surface area contributed by atoms with Crippen LogP contribution in [0.25, 0.3) is 0 Å². The summed E-state index contributed by atoms with van der Waals surface area (Å²) < 4.78 is 0. The van der Waals surface area contributed by atoms with Crippen LogP contribution in [-0.4, -0.2) is 14.4 Å². The molecule has 0 saturated carbocycles. The molecule has 87 valence electrons. The second-order valence-electron chi connectivity index (χ2n) is 3.50. The summed E-state index contributed by atoms with van der Waals surface area (Å²) in [6, 6.07) is 0. The molecule has 0 radical (unpaired) electrons. The molecule has 0 spiro atoms. The Morgan fingerprint density at radius 2 is 1.12 bits per heavy atom. The standard InChI is InChI=1S/C9H14.3CO.Mn/c1-6-5-7(2)9(4)8(6)3;3*1-2;/h5H2,1-4H3;;;;. The molecule has 0 aromatic heterocycles. The zero-order valence-electron chi connectivity index (χ0n) is 9.81. The van der Waals surface area contributed by atoms with Crippen LogP contribution in [0.5, 0.6) is 0 Å². The van der Waals surface area contributed by atoms with E-state index in [1.54, 1.807) is 11.1 Å². The van der Waals surface area contributed by atoms with Gasteiger partial charge in [-0.1, -0.05) is 11.1 Å². The van der Waals surface area contributed by atoms with E-state index >= 15 is 0 Å². The van der Waals surface area contributed by atoms with Crippen LogP contribution in [0.2, 0.25) is 0 Å². The van der Waals surface area contributed by atoms with E-state index in [2.05, 4.69) is 27.7 Å². The van der Waals surface area contributed by atoms with Crippen molar-refractivity contribution in [3.63, 3.8) is 0 Å². The Morgan fingerprint density at radius 3 is 1.19 bits per heavy atom. The average molecular weight is 261 g/mol. The molecule has 0 unspecified atom stereocenters. The van der Waals surface area contributed by atoms with Gasteiger partial charge in [0.15, 0.2) is 0 Å². The van der Waals surface area contributed by atoms with Gasteiger partial charge in [0.2, 0.25) is 0 Å². The molecule has 4 heteroatoms. The van der Waals surface area contributed by atoms with Crippen molar-refractivity contribution in [1.29, 1.82) is 0 Å². The second-order valence-corrected chi connectivity index (χ2v) is 5.11. The molecule has 0 bridgehead atoms. The minimum atomic E-state index is -2.30. The SMILES string of the molecule is CC1=C(C)C(C)=C(C)C1.O=[C]=[Mn](=[C]=O)=[C]=O. The van der Waals surface area contributed by atoms with Crippen molar-refractivity contribution in [1.82, 2.24) is 0 Å². The third kappa shape index (κ3) is 4.08. The molecule has 0 heterocycles. The molecule has 1 aliphatic rings. The molecule has 0 N–H and O–H groups in total. The third-order valence-electron chi connectivity index (χ3n) is 2.60. The molecule has 0 saturated heterocycles. The molecule has 0 aromatic rings. The predicted molar refractivity (Wildman–Crippen MR) is 58.4 cm³/mol. The Balaban J connectivity index is 0.000000293. The number of hydrogen-bond acceptors (Lipinski definition) is 3. The van der Waals surface area contributed by atoms with Crippen molar-refractivity contribution in [3.8, 4) is 0 Å². The maximum atomic E-state index is 9.36. The van der Waals surface area contributed by atoms with Gasteiger partial charge in [-0.3, -0.25) is 0 Å². The Bertz CT molecular complexity index is 490. The van der Waals surface area contributed by atoms with Crippen LogP contribution in [0.4, 0.5) is 0 Å². The molecule has 0 atom stereocenters. The van der Waals surface area contributed by atoms with Gasteiger partial charge in [-0.2, -0.15) is 0 Å². The fraction of sp³-hybridized carbons (Fsp3) is 0.417. The summed E-state index contributed by atoms with van der Waals surface area (Å²) in [5.74, 6) is 0. The van der Waals surface area contributed by atoms with Crippen LogP contribution in [0, 0.1) is 0 Å². The Hall–Kier alpha value is -1.26. The van der Waals surface area contributed by atoms with Gasteiger partial charge in [-0.05, 0) is 45.3 Å². The van der Waals surface area contributed by atoms with E-state index in [0.717, 1.165) is 0 Å². The summed E-state index contributed by atoms with van der Waals surface area (Å²) in [5, 5.41) is 0. The second kappa shape index (κ2) is 7.09. The summed E-state index contributed by atoms with van der Waals surface area (Å²) in [5.41, 5.74) is 6.11. The molecule has 0 aliphatic heterocycles. The van der Waals surface area contributed by atoms with Gasteiger partial charge in [-0.15, -0.1) is 0 Å². The van der Waals surface area contributed by atoms with Crippen LogP contribution in [0.15, 0.2) is 22.3 Å². The van der Waals surface area contributed by atoms with E-state index in [9.17, 15) is 14.4 Å². The van der Waals surface area contributed by atoms with E-state index in [4.69, 9.17) is 0 Å². The van der Waals surface area contributed by atoms with Gasteiger partial charge >= 0.3 is 41.3 Å². The van der Waals surface area contributed by atoms with Crippen molar-refractivity contribution in [3.05, 3.63) is 22.3 Å². The number of allylic oxidation sites excluding steroid dienone is 4. The molecule has 16 heavy (non-hydrogen) atoms. The summed E-state index contributed by atoms with van der Waals surface area (Å²) in [4.78, 5) is 31.7. The molecular weight excluding hydrogens is 247 g/mol. The predicted octanol–water partition coefficient (Wildman–Crippen LogP) is 1.87. The maximum absolute atomic E-state index is 9.36. The Kier molecular flexibility index (Phi) is 6.53. The summed E-state index contributed by atoms with van der Waals surface area (Å²) >= 11 is -2.30. The zero-order chi connectivity index (χ0) is 12.7. The van der Waals surface area contributed by atoms with Crippen LogP contribution in [-0.2, 0) is 27.0 Å². The van der Waals surface area contributed by atoms with Crippen molar-refractivity contribution in [2.75, 3.05) is 0 Å². The molecule has 1 rings (SSSR count). The van der Waals surface area contributed by atoms with Gasteiger partial charge in [0, 0.05) is 0 Å². The van der Waals surface area contributed by atoms with Gasteiger partial charge in [0.05, 0.1) is 0 Å². The number of carbonyl (C=O) groups excluding carboxylic acids is 3. The molecular formula is C12H14MnO3. The van der Waals surface area contributed by atoms with Crippen LogP contribution in [0.3, 0.4) is 0 Å². The quantitative estimate of drug-likeness (QED) is 0.625. The Labute approximate surface area is 98.0 Å². The topological polar surface area (TPSA) is 51.2 Å². The van der Waals surface area contributed by atoms with Crippen molar-refractivity contribution in [2.24, 2.45) is 0 Å². The first kappa shape index (κ1) is 14.7. The minimum absolute atomic E-state index is 1.21. The number of rotatable bonds is 0.